The van der Waals surface area contributed by atoms with Gasteiger partial charge in [-0.2, -0.15) is 0 Å². The van der Waals surface area contributed by atoms with Crippen LogP contribution in [0.25, 0.3) is 0 Å². The summed E-state index contributed by atoms with van der Waals surface area (Å²) in [5, 5.41) is 5.46. The third kappa shape index (κ3) is 6.16. The van der Waals surface area contributed by atoms with Crippen molar-refractivity contribution in [2.75, 3.05) is 5.32 Å². The lowest BCUT2D eigenvalue weighted by molar-refractivity contribution is -0.119. The molecule has 0 aliphatic heterocycles. The molecule has 0 bridgehead atoms. The molecule has 0 radical (unpaired) electrons. The molecule has 0 aliphatic carbocycles. The van der Waals surface area contributed by atoms with E-state index in [1.807, 2.05) is 45.0 Å². The van der Waals surface area contributed by atoms with Gasteiger partial charge in [0.05, 0.1) is 0 Å². The number of carbonyl (C=O) groups excluding carboxylic acids is 2. The molecule has 0 aliphatic rings. The maximum Gasteiger partial charge on any atom is 0.408 e. The Hall–Kier alpha value is -2.04. The summed E-state index contributed by atoms with van der Waals surface area (Å²) in [6, 6.07) is 6.86. The van der Waals surface area contributed by atoms with Gasteiger partial charge in [-0.05, 0) is 51.3 Å². The number of nitrogens with one attached hydrogen (secondary N) is 2. The minimum atomic E-state index is -0.657. The first-order chi connectivity index (χ1) is 10.1. The van der Waals surface area contributed by atoms with Crippen LogP contribution in [0.5, 0.6) is 0 Å². The molecule has 2 amide bonds. The zero-order valence-corrected chi connectivity index (χ0v) is 14.2. The maximum absolute atomic E-state index is 12.4. The molecule has 0 fully saturated rings. The van der Waals surface area contributed by atoms with E-state index in [2.05, 4.69) is 10.6 Å². The Kier molecular flexibility index (Phi) is 5.97. The van der Waals surface area contributed by atoms with Crippen molar-refractivity contribution >= 4 is 17.7 Å². The van der Waals surface area contributed by atoms with Crippen molar-refractivity contribution in [3.05, 3.63) is 29.8 Å². The van der Waals surface area contributed by atoms with Gasteiger partial charge in [-0.1, -0.05) is 26.0 Å². The predicted octanol–water partition coefficient (Wildman–Crippen LogP) is 3.48. The quantitative estimate of drug-likeness (QED) is 0.895. The molecule has 0 aromatic heterocycles. The molecule has 1 rings (SSSR count). The van der Waals surface area contributed by atoms with Crippen LogP contribution in [0, 0.1) is 12.8 Å². The molecule has 0 saturated carbocycles. The minimum Gasteiger partial charge on any atom is -0.444 e. The summed E-state index contributed by atoms with van der Waals surface area (Å²) in [4.78, 5) is 24.3. The van der Waals surface area contributed by atoms with E-state index in [0.717, 1.165) is 5.56 Å². The van der Waals surface area contributed by atoms with Crippen molar-refractivity contribution in [1.82, 2.24) is 5.32 Å². The van der Waals surface area contributed by atoms with Gasteiger partial charge < -0.3 is 15.4 Å². The lowest BCUT2D eigenvalue weighted by Gasteiger charge is -2.25. The van der Waals surface area contributed by atoms with Gasteiger partial charge in [0.1, 0.15) is 11.6 Å². The number of hydrogen-bond donors (Lipinski definition) is 2. The second-order valence-electron chi connectivity index (χ2n) is 6.73. The standard InChI is InChI=1S/C17H26N2O3/c1-11(2)14(19-16(21)22-17(4,5)6)15(20)18-13-9-7-8-12(3)10-13/h7-11,14H,1-6H3,(H,18,20)(H,19,21). The van der Waals surface area contributed by atoms with Crippen LogP contribution in [0.2, 0.25) is 0 Å². The summed E-state index contributed by atoms with van der Waals surface area (Å²) in [6.45, 7) is 11.0. The van der Waals surface area contributed by atoms with E-state index in [1.165, 1.54) is 0 Å². The number of alkyl carbamates (subject to hydrolysis) is 1. The molecule has 1 aromatic carbocycles. The zero-order valence-electron chi connectivity index (χ0n) is 14.2. The van der Waals surface area contributed by atoms with E-state index in [1.54, 1.807) is 20.8 Å². The predicted molar refractivity (Wildman–Crippen MR) is 87.8 cm³/mol. The second-order valence-corrected chi connectivity index (χ2v) is 6.73. The first kappa shape index (κ1) is 18.0. The Labute approximate surface area is 132 Å². The third-order valence-electron chi connectivity index (χ3n) is 2.91. The molecule has 122 valence electrons. The lowest BCUT2D eigenvalue weighted by atomic mass is 10.0. The molecule has 0 saturated heterocycles. The zero-order chi connectivity index (χ0) is 16.9. The number of hydrogen-bond acceptors (Lipinski definition) is 3. The molecule has 1 atom stereocenters. The number of aryl methyl sites for hydroxylation is 1. The monoisotopic (exact) mass is 306 g/mol. The summed E-state index contributed by atoms with van der Waals surface area (Å²) in [5.74, 6) is -0.316. The Morgan fingerprint density at radius 3 is 2.32 bits per heavy atom. The van der Waals surface area contributed by atoms with Gasteiger partial charge in [0, 0.05) is 5.69 Å². The molecule has 22 heavy (non-hydrogen) atoms. The third-order valence-corrected chi connectivity index (χ3v) is 2.91. The first-order valence-electron chi connectivity index (χ1n) is 7.45. The highest BCUT2D eigenvalue weighted by Gasteiger charge is 2.26. The molecular formula is C17H26N2O3. The average Bonchev–Trinajstić information content (AvgIpc) is 2.33. The van der Waals surface area contributed by atoms with Crippen molar-refractivity contribution < 1.29 is 14.3 Å². The van der Waals surface area contributed by atoms with Crippen LogP contribution in [0.3, 0.4) is 0 Å². The minimum absolute atomic E-state index is 0.0580. The molecule has 0 heterocycles. The fraction of sp³-hybridized carbons (Fsp3) is 0.529. The number of carbonyl (C=O) groups is 2. The van der Waals surface area contributed by atoms with Crippen LogP contribution < -0.4 is 10.6 Å². The molecule has 0 spiro atoms. The van der Waals surface area contributed by atoms with Crippen LogP contribution in [0.1, 0.15) is 40.2 Å². The lowest BCUT2D eigenvalue weighted by Crippen LogP contribution is -2.48. The largest absolute Gasteiger partial charge is 0.444 e. The topological polar surface area (TPSA) is 67.4 Å². The van der Waals surface area contributed by atoms with Crippen molar-refractivity contribution in [2.24, 2.45) is 5.92 Å². The number of benzene rings is 1. The fourth-order valence-corrected chi connectivity index (χ4v) is 1.91. The van der Waals surface area contributed by atoms with E-state index in [9.17, 15) is 9.59 Å². The molecule has 5 nitrogen and oxygen atoms in total. The molecular weight excluding hydrogens is 280 g/mol. The number of rotatable bonds is 4. The van der Waals surface area contributed by atoms with Gasteiger partial charge in [-0.15, -0.1) is 0 Å². The second kappa shape index (κ2) is 7.29. The van der Waals surface area contributed by atoms with Gasteiger partial charge in [-0.25, -0.2) is 4.79 Å². The van der Waals surface area contributed by atoms with Gasteiger partial charge in [0.2, 0.25) is 5.91 Å². The first-order valence-corrected chi connectivity index (χ1v) is 7.45. The summed E-state index contributed by atoms with van der Waals surface area (Å²) >= 11 is 0. The Balaban J connectivity index is 2.74. The summed E-state index contributed by atoms with van der Waals surface area (Å²) in [5.41, 5.74) is 1.17. The summed E-state index contributed by atoms with van der Waals surface area (Å²) < 4.78 is 5.21. The highest BCUT2D eigenvalue weighted by molar-refractivity contribution is 5.96. The smallest absolute Gasteiger partial charge is 0.408 e. The Bertz CT molecular complexity index is 533. The van der Waals surface area contributed by atoms with E-state index in [-0.39, 0.29) is 11.8 Å². The van der Waals surface area contributed by atoms with Crippen molar-refractivity contribution in [3.63, 3.8) is 0 Å². The van der Waals surface area contributed by atoms with E-state index in [4.69, 9.17) is 4.74 Å². The van der Waals surface area contributed by atoms with E-state index in [0.29, 0.717) is 5.69 Å². The SMILES string of the molecule is Cc1cccc(NC(=O)C(NC(=O)OC(C)(C)C)C(C)C)c1. The van der Waals surface area contributed by atoms with Gasteiger partial charge >= 0.3 is 6.09 Å². The average molecular weight is 306 g/mol. The summed E-state index contributed by atoms with van der Waals surface area (Å²) in [7, 11) is 0. The summed E-state index contributed by atoms with van der Waals surface area (Å²) in [6.07, 6.45) is -0.592. The van der Waals surface area contributed by atoms with Crippen LogP contribution >= 0.6 is 0 Å². The number of amides is 2. The molecule has 1 aromatic rings. The van der Waals surface area contributed by atoms with E-state index < -0.39 is 17.7 Å². The van der Waals surface area contributed by atoms with Crippen molar-refractivity contribution in [1.29, 1.82) is 0 Å². The number of ether oxygens (including phenoxy) is 1. The highest BCUT2D eigenvalue weighted by atomic mass is 16.6. The van der Waals surface area contributed by atoms with Gasteiger partial charge in [0.25, 0.3) is 0 Å². The Morgan fingerprint density at radius 1 is 1.18 bits per heavy atom. The van der Waals surface area contributed by atoms with Crippen LogP contribution in [0.4, 0.5) is 10.5 Å². The molecule has 1 unspecified atom stereocenters. The van der Waals surface area contributed by atoms with E-state index >= 15 is 0 Å². The maximum atomic E-state index is 12.4. The van der Waals surface area contributed by atoms with Crippen molar-refractivity contribution in [3.8, 4) is 0 Å². The van der Waals surface area contributed by atoms with Crippen molar-refractivity contribution in [2.45, 2.75) is 53.2 Å². The number of anilines is 1. The molecule has 5 heteroatoms. The molecule has 2 N–H and O–H groups in total. The van der Waals surface area contributed by atoms with Gasteiger partial charge in [-0.3, -0.25) is 4.79 Å². The Morgan fingerprint density at radius 2 is 1.82 bits per heavy atom. The normalized spacial score (nSPS) is 12.7. The van der Waals surface area contributed by atoms with Gasteiger partial charge in [0.15, 0.2) is 0 Å². The van der Waals surface area contributed by atoms with Crippen LogP contribution in [-0.2, 0) is 9.53 Å². The van der Waals surface area contributed by atoms with Crippen LogP contribution in [0.15, 0.2) is 24.3 Å². The fourth-order valence-electron chi connectivity index (χ4n) is 1.91. The highest BCUT2D eigenvalue weighted by Crippen LogP contribution is 2.13. The van der Waals surface area contributed by atoms with Crippen LogP contribution in [-0.4, -0.2) is 23.6 Å².